The Kier molecular flexibility index (Phi) is 3.74. The molecule has 2 heterocycles. The molecule has 0 saturated carbocycles. The molecule has 4 rings (SSSR count). The van der Waals surface area contributed by atoms with Gasteiger partial charge in [-0.2, -0.15) is 5.10 Å². The fourth-order valence-electron chi connectivity index (χ4n) is 2.65. The fraction of sp³-hybridized carbons (Fsp3) is 0.111. The van der Waals surface area contributed by atoms with Gasteiger partial charge in [-0.25, -0.2) is 4.68 Å². The van der Waals surface area contributed by atoms with Gasteiger partial charge >= 0.3 is 0 Å². The highest BCUT2D eigenvalue weighted by Gasteiger charge is 2.12. The number of hydrogen-bond donors (Lipinski definition) is 2. The quantitative estimate of drug-likeness (QED) is 0.601. The molecule has 7 nitrogen and oxygen atoms in total. The maximum atomic E-state index is 11.0. The van der Waals surface area contributed by atoms with Gasteiger partial charge in [-0.15, -0.1) is 5.10 Å². The smallest absolute Gasteiger partial charge is 0.217 e. The van der Waals surface area contributed by atoms with Crippen molar-refractivity contribution in [1.29, 1.82) is 0 Å². The van der Waals surface area contributed by atoms with Crippen LogP contribution in [0.1, 0.15) is 12.5 Å². The van der Waals surface area contributed by atoms with E-state index in [4.69, 9.17) is 0 Å². The Bertz CT molecular complexity index is 1030. The number of aromatic nitrogens is 5. The molecular formula is C18H16N6O. The van der Waals surface area contributed by atoms with Crippen LogP contribution >= 0.6 is 0 Å². The second-order valence-electron chi connectivity index (χ2n) is 5.74. The lowest BCUT2D eigenvalue weighted by Crippen LogP contribution is -2.18. The Morgan fingerprint density at radius 3 is 2.76 bits per heavy atom. The molecule has 2 aromatic carbocycles. The standard InChI is InChI=1S/C18H16N6O/c1-12(25)19-10-13-6-8-14(9-7-13)24-11-17(21-23-24)18-15-4-2-3-5-16(15)20-22-18/h2-9,11H,10H2,1H3,(H,19,25)(H,20,22). The van der Waals surface area contributed by atoms with Crippen LogP contribution in [0.3, 0.4) is 0 Å². The number of para-hydroxylation sites is 1. The topological polar surface area (TPSA) is 88.5 Å². The van der Waals surface area contributed by atoms with E-state index in [-0.39, 0.29) is 5.91 Å². The molecule has 0 aliphatic rings. The summed E-state index contributed by atoms with van der Waals surface area (Å²) in [5.41, 5.74) is 4.38. The molecule has 0 atom stereocenters. The average molecular weight is 332 g/mol. The molecule has 0 bridgehead atoms. The van der Waals surface area contributed by atoms with E-state index < -0.39 is 0 Å². The number of hydrogen-bond acceptors (Lipinski definition) is 4. The van der Waals surface area contributed by atoms with E-state index in [9.17, 15) is 4.79 Å². The van der Waals surface area contributed by atoms with E-state index in [2.05, 4.69) is 25.8 Å². The van der Waals surface area contributed by atoms with Crippen molar-refractivity contribution in [3.05, 3.63) is 60.3 Å². The lowest BCUT2D eigenvalue weighted by atomic mass is 10.2. The first-order valence-electron chi connectivity index (χ1n) is 7.90. The maximum Gasteiger partial charge on any atom is 0.217 e. The minimum absolute atomic E-state index is 0.0452. The number of carbonyl (C=O) groups excluding carboxylic acids is 1. The Morgan fingerprint density at radius 1 is 1.16 bits per heavy atom. The summed E-state index contributed by atoms with van der Waals surface area (Å²) < 4.78 is 1.71. The summed E-state index contributed by atoms with van der Waals surface area (Å²) in [4.78, 5) is 11.0. The van der Waals surface area contributed by atoms with Crippen LogP contribution in [0.4, 0.5) is 0 Å². The SMILES string of the molecule is CC(=O)NCc1ccc(-n2cc(-c3n[nH]c4ccccc34)nn2)cc1. The van der Waals surface area contributed by atoms with Crippen LogP contribution in [0.25, 0.3) is 28.0 Å². The fourth-order valence-corrected chi connectivity index (χ4v) is 2.65. The maximum absolute atomic E-state index is 11.0. The molecular weight excluding hydrogens is 316 g/mol. The van der Waals surface area contributed by atoms with Gasteiger partial charge in [0, 0.05) is 18.9 Å². The van der Waals surface area contributed by atoms with Crippen molar-refractivity contribution in [2.45, 2.75) is 13.5 Å². The molecule has 2 aromatic heterocycles. The number of nitrogens with zero attached hydrogens (tertiary/aromatic N) is 4. The predicted octanol–water partition coefficient (Wildman–Crippen LogP) is 2.45. The third-order valence-electron chi connectivity index (χ3n) is 3.95. The summed E-state index contributed by atoms with van der Waals surface area (Å²) >= 11 is 0. The van der Waals surface area contributed by atoms with Crippen LogP contribution in [0, 0.1) is 0 Å². The van der Waals surface area contributed by atoms with E-state index in [1.165, 1.54) is 6.92 Å². The number of rotatable bonds is 4. The van der Waals surface area contributed by atoms with Crippen molar-refractivity contribution in [2.24, 2.45) is 0 Å². The largest absolute Gasteiger partial charge is 0.352 e. The first-order valence-corrected chi connectivity index (χ1v) is 7.90. The first kappa shape index (κ1) is 15.1. The van der Waals surface area contributed by atoms with Gasteiger partial charge in [0.1, 0.15) is 11.4 Å². The highest BCUT2D eigenvalue weighted by atomic mass is 16.1. The van der Waals surface area contributed by atoms with Gasteiger partial charge in [-0.1, -0.05) is 35.5 Å². The summed E-state index contributed by atoms with van der Waals surface area (Å²) in [6.45, 7) is 2.02. The normalized spacial score (nSPS) is 10.9. The Hall–Kier alpha value is -3.48. The second-order valence-corrected chi connectivity index (χ2v) is 5.74. The number of aromatic amines is 1. The van der Waals surface area contributed by atoms with Crippen LogP contribution in [0.5, 0.6) is 0 Å². The van der Waals surface area contributed by atoms with E-state index in [1.807, 2.05) is 54.7 Å². The minimum Gasteiger partial charge on any atom is -0.352 e. The zero-order valence-corrected chi connectivity index (χ0v) is 13.6. The molecule has 4 aromatic rings. The Morgan fingerprint density at radius 2 is 1.96 bits per heavy atom. The summed E-state index contributed by atoms with van der Waals surface area (Å²) in [6.07, 6.45) is 1.85. The molecule has 0 unspecified atom stereocenters. The third-order valence-corrected chi connectivity index (χ3v) is 3.95. The van der Waals surface area contributed by atoms with Crippen LogP contribution in [0.15, 0.2) is 54.7 Å². The zero-order valence-electron chi connectivity index (χ0n) is 13.6. The number of nitrogens with one attached hydrogen (secondary N) is 2. The van der Waals surface area contributed by atoms with Gasteiger partial charge in [0.25, 0.3) is 0 Å². The van der Waals surface area contributed by atoms with E-state index in [0.717, 1.165) is 27.8 Å². The van der Waals surface area contributed by atoms with E-state index in [0.29, 0.717) is 12.2 Å². The lowest BCUT2D eigenvalue weighted by Gasteiger charge is -2.04. The predicted molar refractivity (Wildman–Crippen MR) is 94.0 cm³/mol. The molecule has 1 amide bonds. The molecule has 124 valence electrons. The zero-order chi connectivity index (χ0) is 17.2. The Balaban J connectivity index is 1.60. The summed E-state index contributed by atoms with van der Waals surface area (Å²) in [7, 11) is 0. The summed E-state index contributed by atoms with van der Waals surface area (Å²) in [6, 6.07) is 15.7. The van der Waals surface area contributed by atoms with Gasteiger partial charge in [0.05, 0.1) is 17.4 Å². The first-order chi connectivity index (χ1) is 12.2. The van der Waals surface area contributed by atoms with Gasteiger partial charge in [0.2, 0.25) is 5.91 Å². The monoisotopic (exact) mass is 332 g/mol. The van der Waals surface area contributed by atoms with E-state index >= 15 is 0 Å². The highest BCUT2D eigenvalue weighted by Crippen LogP contribution is 2.24. The molecule has 0 aliphatic heterocycles. The van der Waals surface area contributed by atoms with Gasteiger partial charge in [0.15, 0.2) is 0 Å². The average Bonchev–Trinajstić information content (AvgIpc) is 3.27. The van der Waals surface area contributed by atoms with Crippen LogP contribution in [-0.4, -0.2) is 31.1 Å². The van der Waals surface area contributed by atoms with Crippen molar-refractivity contribution >= 4 is 16.8 Å². The van der Waals surface area contributed by atoms with Crippen LogP contribution in [-0.2, 0) is 11.3 Å². The molecule has 0 spiro atoms. The number of fused-ring (bicyclic) bond motifs is 1. The molecule has 2 N–H and O–H groups in total. The molecule has 0 aliphatic carbocycles. The highest BCUT2D eigenvalue weighted by molar-refractivity contribution is 5.91. The number of H-pyrrole nitrogens is 1. The van der Waals surface area contributed by atoms with Gasteiger partial charge in [-0.3, -0.25) is 9.89 Å². The molecule has 0 saturated heterocycles. The molecule has 25 heavy (non-hydrogen) atoms. The summed E-state index contributed by atoms with van der Waals surface area (Å²) in [5.74, 6) is -0.0452. The number of amides is 1. The van der Waals surface area contributed by atoms with Crippen molar-refractivity contribution in [2.75, 3.05) is 0 Å². The minimum atomic E-state index is -0.0452. The van der Waals surface area contributed by atoms with Gasteiger partial charge in [-0.05, 0) is 23.8 Å². The molecule has 0 fully saturated rings. The van der Waals surface area contributed by atoms with Crippen LogP contribution in [0.2, 0.25) is 0 Å². The third kappa shape index (κ3) is 2.99. The second kappa shape index (κ2) is 6.20. The Labute approximate surface area is 143 Å². The van der Waals surface area contributed by atoms with E-state index in [1.54, 1.807) is 4.68 Å². The van der Waals surface area contributed by atoms with Crippen molar-refractivity contribution in [1.82, 2.24) is 30.5 Å². The number of carbonyl (C=O) groups is 1. The molecule has 7 heteroatoms. The summed E-state index contributed by atoms with van der Waals surface area (Å²) in [5, 5.41) is 19.6. The lowest BCUT2D eigenvalue weighted by molar-refractivity contribution is -0.119. The molecule has 0 radical (unpaired) electrons. The van der Waals surface area contributed by atoms with Crippen molar-refractivity contribution < 1.29 is 4.79 Å². The van der Waals surface area contributed by atoms with Gasteiger partial charge < -0.3 is 5.32 Å². The van der Waals surface area contributed by atoms with Crippen LogP contribution < -0.4 is 5.32 Å². The van der Waals surface area contributed by atoms with Crippen molar-refractivity contribution in [3.63, 3.8) is 0 Å². The number of benzene rings is 2. The van der Waals surface area contributed by atoms with Crippen molar-refractivity contribution in [3.8, 4) is 17.1 Å².